The van der Waals surface area contributed by atoms with Gasteiger partial charge in [-0.15, -0.1) is 0 Å². The molecule has 4 aliphatic rings. The van der Waals surface area contributed by atoms with Crippen LogP contribution in [0.4, 0.5) is 0 Å². The van der Waals surface area contributed by atoms with E-state index >= 15 is 0 Å². The maximum Gasteiger partial charge on any atom is 0.114 e. The predicted molar refractivity (Wildman–Crippen MR) is 135 cm³/mol. The molecule has 1 heteroatoms. The summed E-state index contributed by atoms with van der Waals surface area (Å²) in [7, 11) is -1.90. The summed E-state index contributed by atoms with van der Waals surface area (Å²) >= 11 is 0. The van der Waals surface area contributed by atoms with E-state index in [2.05, 4.69) is 99.8 Å². The van der Waals surface area contributed by atoms with Crippen molar-refractivity contribution >= 4 is 20.2 Å². The third-order valence-electron chi connectivity index (χ3n) is 7.52. The Morgan fingerprint density at radius 2 is 1.00 bits per heavy atom. The highest BCUT2D eigenvalue weighted by Crippen LogP contribution is 2.50. The van der Waals surface area contributed by atoms with Crippen molar-refractivity contribution in [3.8, 4) is 0 Å². The summed E-state index contributed by atoms with van der Waals surface area (Å²) in [6.45, 7) is 9.82. The first-order chi connectivity index (χ1) is 14.9. The SMILES string of the molecule is CC1=C([Si](C)(C)C2=C(C)C=C3Cc4ccccc4C=C32)C2=Cc3ccccc3CC2=C1. The highest BCUT2D eigenvalue weighted by molar-refractivity contribution is 6.93. The Morgan fingerprint density at radius 1 is 0.581 bits per heavy atom. The van der Waals surface area contributed by atoms with Crippen LogP contribution in [0.2, 0.25) is 13.1 Å². The van der Waals surface area contributed by atoms with Crippen LogP contribution in [-0.2, 0) is 12.8 Å². The largest absolute Gasteiger partial charge is 0.114 e. The first-order valence-corrected chi connectivity index (χ1v) is 14.4. The van der Waals surface area contributed by atoms with Gasteiger partial charge in [0, 0.05) is 0 Å². The molecule has 2 aromatic carbocycles. The van der Waals surface area contributed by atoms with Gasteiger partial charge >= 0.3 is 0 Å². The number of fused-ring (bicyclic) bond motifs is 4. The third-order valence-corrected chi connectivity index (χ3v) is 11.3. The van der Waals surface area contributed by atoms with Crippen LogP contribution in [0.15, 0.2) is 105 Å². The quantitative estimate of drug-likeness (QED) is 0.443. The van der Waals surface area contributed by atoms with Crippen LogP contribution in [0, 0.1) is 0 Å². The number of rotatable bonds is 2. The van der Waals surface area contributed by atoms with Gasteiger partial charge in [-0.3, -0.25) is 0 Å². The third kappa shape index (κ3) is 2.73. The molecule has 0 spiro atoms. The Balaban J connectivity index is 1.48. The minimum Gasteiger partial charge on any atom is -0.0619 e. The minimum atomic E-state index is -1.90. The fraction of sp³-hybridized carbons (Fsp3) is 0.200. The highest BCUT2D eigenvalue weighted by atomic mass is 28.3. The summed E-state index contributed by atoms with van der Waals surface area (Å²) in [5.41, 5.74) is 14.7. The van der Waals surface area contributed by atoms with Crippen LogP contribution >= 0.6 is 0 Å². The van der Waals surface area contributed by atoms with Gasteiger partial charge in [-0.1, -0.05) is 84.9 Å². The van der Waals surface area contributed by atoms with Gasteiger partial charge < -0.3 is 0 Å². The predicted octanol–water partition coefficient (Wildman–Crippen LogP) is 7.57. The Kier molecular flexibility index (Phi) is 3.98. The molecule has 0 saturated heterocycles. The molecule has 0 bridgehead atoms. The Morgan fingerprint density at radius 3 is 1.45 bits per heavy atom. The van der Waals surface area contributed by atoms with Crippen molar-refractivity contribution in [3.63, 3.8) is 0 Å². The lowest BCUT2D eigenvalue weighted by Crippen LogP contribution is -2.35. The molecule has 0 aliphatic heterocycles. The molecular weight excluding hydrogens is 388 g/mol. The molecule has 31 heavy (non-hydrogen) atoms. The van der Waals surface area contributed by atoms with Crippen molar-refractivity contribution in [1.82, 2.24) is 0 Å². The van der Waals surface area contributed by atoms with E-state index in [4.69, 9.17) is 0 Å². The lowest BCUT2D eigenvalue weighted by atomic mass is 9.89. The molecule has 0 amide bonds. The zero-order valence-corrected chi connectivity index (χ0v) is 19.8. The van der Waals surface area contributed by atoms with Gasteiger partial charge in [0.1, 0.15) is 8.07 Å². The molecule has 152 valence electrons. The van der Waals surface area contributed by atoms with Crippen LogP contribution < -0.4 is 0 Å². The van der Waals surface area contributed by atoms with Gasteiger partial charge in [-0.25, -0.2) is 0 Å². The summed E-state index contributed by atoms with van der Waals surface area (Å²) in [4.78, 5) is 0. The molecule has 0 N–H and O–H groups in total. The van der Waals surface area contributed by atoms with E-state index in [0.717, 1.165) is 12.8 Å². The van der Waals surface area contributed by atoms with E-state index in [1.165, 1.54) is 55.7 Å². The smallest absolute Gasteiger partial charge is 0.0619 e. The summed E-state index contributed by atoms with van der Waals surface area (Å²) in [5, 5.41) is 3.28. The second-order valence-electron chi connectivity index (χ2n) is 9.95. The van der Waals surface area contributed by atoms with Gasteiger partial charge in [0.25, 0.3) is 0 Å². The van der Waals surface area contributed by atoms with Gasteiger partial charge in [0.15, 0.2) is 0 Å². The molecule has 6 rings (SSSR count). The zero-order chi connectivity index (χ0) is 21.3. The second kappa shape index (κ2) is 6.55. The van der Waals surface area contributed by atoms with Gasteiger partial charge in [-0.2, -0.15) is 0 Å². The summed E-state index contributed by atoms with van der Waals surface area (Å²) in [6.07, 6.45) is 12.0. The maximum atomic E-state index is 2.57. The van der Waals surface area contributed by atoms with E-state index in [-0.39, 0.29) is 0 Å². The standard InChI is InChI=1S/C30H28Si/c1-19-13-25-15-21-9-5-7-11-23(21)17-27(25)29(19)31(3,4)30-20(2)14-26-16-22-10-6-8-12-24(22)18-28(26)30/h5-14,17-18H,15-16H2,1-4H3. The van der Waals surface area contributed by atoms with E-state index in [9.17, 15) is 0 Å². The summed E-state index contributed by atoms with van der Waals surface area (Å²) in [5.74, 6) is 0. The van der Waals surface area contributed by atoms with Gasteiger partial charge in [-0.05, 0) is 93.8 Å². The summed E-state index contributed by atoms with van der Waals surface area (Å²) < 4.78 is 0. The number of allylic oxidation sites excluding steroid dienone is 10. The molecule has 0 unspecified atom stereocenters. The topological polar surface area (TPSA) is 0 Å². The molecular formula is C30H28Si. The zero-order valence-electron chi connectivity index (χ0n) is 18.8. The van der Waals surface area contributed by atoms with Crippen LogP contribution in [0.5, 0.6) is 0 Å². The number of benzene rings is 2. The van der Waals surface area contributed by atoms with E-state index in [1.807, 2.05) is 0 Å². The Hall–Kier alpha value is -2.90. The lowest BCUT2D eigenvalue weighted by Gasteiger charge is -2.34. The second-order valence-corrected chi connectivity index (χ2v) is 14.2. The minimum absolute atomic E-state index is 1.06. The van der Waals surface area contributed by atoms with E-state index in [0.29, 0.717) is 0 Å². The fourth-order valence-electron chi connectivity index (χ4n) is 6.37. The fourth-order valence-corrected chi connectivity index (χ4v) is 10.5. The Bertz CT molecular complexity index is 1240. The highest BCUT2D eigenvalue weighted by Gasteiger charge is 2.42. The average Bonchev–Trinajstić information content (AvgIpc) is 3.24. The summed E-state index contributed by atoms with van der Waals surface area (Å²) in [6, 6.07) is 17.8. The van der Waals surface area contributed by atoms with Crippen LogP contribution in [0.1, 0.15) is 36.1 Å². The first kappa shape index (κ1) is 18.8. The molecule has 0 aromatic heterocycles. The van der Waals surface area contributed by atoms with Gasteiger partial charge in [0.05, 0.1) is 0 Å². The molecule has 0 fully saturated rings. The van der Waals surface area contributed by atoms with E-state index < -0.39 is 8.07 Å². The van der Waals surface area contributed by atoms with Crippen molar-refractivity contribution in [3.05, 3.63) is 127 Å². The van der Waals surface area contributed by atoms with Crippen molar-refractivity contribution in [2.24, 2.45) is 0 Å². The average molecular weight is 417 g/mol. The van der Waals surface area contributed by atoms with Crippen molar-refractivity contribution in [2.75, 3.05) is 0 Å². The van der Waals surface area contributed by atoms with Crippen molar-refractivity contribution in [1.29, 1.82) is 0 Å². The molecule has 0 radical (unpaired) electrons. The molecule has 0 nitrogen and oxygen atoms in total. The molecule has 4 aliphatic carbocycles. The van der Waals surface area contributed by atoms with Crippen LogP contribution in [-0.4, -0.2) is 8.07 Å². The molecule has 0 saturated carbocycles. The molecule has 2 aromatic rings. The maximum absolute atomic E-state index is 2.57. The lowest BCUT2D eigenvalue weighted by molar-refractivity contribution is 1.15. The van der Waals surface area contributed by atoms with Crippen LogP contribution in [0.25, 0.3) is 12.2 Å². The molecule has 0 atom stereocenters. The number of hydrogen-bond acceptors (Lipinski definition) is 0. The number of hydrogen-bond donors (Lipinski definition) is 0. The monoisotopic (exact) mass is 416 g/mol. The van der Waals surface area contributed by atoms with Crippen molar-refractivity contribution < 1.29 is 0 Å². The van der Waals surface area contributed by atoms with Crippen molar-refractivity contribution in [2.45, 2.75) is 39.8 Å². The molecule has 0 heterocycles. The Labute approximate surface area is 186 Å². The first-order valence-electron chi connectivity index (χ1n) is 11.4. The normalized spacial score (nSPS) is 19.2. The van der Waals surface area contributed by atoms with E-state index in [1.54, 1.807) is 10.4 Å². The van der Waals surface area contributed by atoms with Gasteiger partial charge in [0.2, 0.25) is 0 Å². The van der Waals surface area contributed by atoms with Crippen LogP contribution in [0.3, 0.4) is 0 Å².